The van der Waals surface area contributed by atoms with E-state index in [4.69, 9.17) is 5.26 Å². The molecule has 5 heteroatoms. The van der Waals surface area contributed by atoms with Crippen molar-refractivity contribution < 1.29 is 0 Å². The summed E-state index contributed by atoms with van der Waals surface area (Å²) in [6.07, 6.45) is 1.60. The van der Waals surface area contributed by atoms with E-state index in [0.717, 1.165) is 10.1 Å². The zero-order chi connectivity index (χ0) is 9.97. The van der Waals surface area contributed by atoms with Gasteiger partial charge in [-0.15, -0.1) is 11.3 Å². The van der Waals surface area contributed by atoms with Crippen molar-refractivity contribution in [3.05, 3.63) is 28.6 Å². The van der Waals surface area contributed by atoms with Crippen LogP contribution in [0.2, 0.25) is 0 Å². The Morgan fingerprint density at radius 2 is 2.43 bits per heavy atom. The van der Waals surface area contributed by atoms with Crippen LogP contribution in [0, 0.1) is 11.3 Å². The van der Waals surface area contributed by atoms with Gasteiger partial charge in [0.2, 0.25) is 0 Å². The van der Waals surface area contributed by atoms with Crippen LogP contribution in [0.1, 0.15) is 4.88 Å². The second-order valence-electron chi connectivity index (χ2n) is 2.63. The van der Waals surface area contributed by atoms with Gasteiger partial charge >= 0.3 is 0 Å². The fourth-order valence-electron chi connectivity index (χ4n) is 1.03. The van der Waals surface area contributed by atoms with Crippen molar-refractivity contribution in [1.82, 2.24) is 4.98 Å². The van der Waals surface area contributed by atoms with E-state index in [-0.39, 0.29) is 0 Å². The Morgan fingerprint density at radius 3 is 3.00 bits per heavy atom. The second kappa shape index (κ2) is 3.78. The summed E-state index contributed by atoms with van der Waals surface area (Å²) in [6, 6.07) is 6.10. The monoisotopic (exact) mass is 221 g/mol. The number of rotatable bonds is 2. The van der Waals surface area contributed by atoms with E-state index in [1.807, 2.05) is 29.5 Å². The molecule has 0 spiro atoms. The Bertz CT molecular complexity index is 453. The molecular formula is C9H7N3S2. The average molecular weight is 221 g/mol. The Kier molecular flexibility index (Phi) is 2.48. The first kappa shape index (κ1) is 9.19. The van der Waals surface area contributed by atoms with E-state index in [2.05, 4.69) is 11.1 Å². The molecule has 0 fully saturated rings. The molecule has 3 nitrogen and oxygen atoms in total. The van der Waals surface area contributed by atoms with Crippen LogP contribution in [0.25, 0.3) is 0 Å². The fourth-order valence-corrected chi connectivity index (χ4v) is 2.47. The summed E-state index contributed by atoms with van der Waals surface area (Å²) in [4.78, 5) is 6.80. The molecule has 0 aromatic carbocycles. The second-order valence-corrected chi connectivity index (χ2v) is 4.56. The van der Waals surface area contributed by atoms with Gasteiger partial charge in [0.25, 0.3) is 0 Å². The number of hydrogen-bond acceptors (Lipinski definition) is 5. The molecule has 0 unspecified atom stereocenters. The van der Waals surface area contributed by atoms with Crippen LogP contribution < -0.4 is 4.90 Å². The van der Waals surface area contributed by atoms with Crippen LogP contribution in [0.5, 0.6) is 0 Å². The highest BCUT2D eigenvalue weighted by Crippen LogP contribution is 2.30. The molecule has 0 atom stereocenters. The molecule has 0 amide bonds. The fraction of sp³-hybridized carbons (Fsp3) is 0.111. The molecule has 2 rings (SSSR count). The van der Waals surface area contributed by atoms with Gasteiger partial charge in [-0.3, -0.25) is 0 Å². The predicted octanol–water partition coefficient (Wildman–Crippen LogP) is 2.84. The molecule has 2 heterocycles. The number of anilines is 2. The lowest BCUT2D eigenvalue weighted by Gasteiger charge is -2.11. The van der Waals surface area contributed by atoms with Crippen molar-refractivity contribution in [3.8, 4) is 6.07 Å². The third-order valence-electron chi connectivity index (χ3n) is 1.73. The Labute approximate surface area is 89.9 Å². The van der Waals surface area contributed by atoms with Crippen molar-refractivity contribution in [2.75, 3.05) is 11.9 Å². The van der Waals surface area contributed by atoms with E-state index >= 15 is 0 Å². The zero-order valence-corrected chi connectivity index (χ0v) is 9.10. The highest BCUT2D eigenvalue weighted by atomic mass is 32.1. The van der Waals surface area contributed by atoms with Gasteiger partial charge in [-0.25, -0.2) is 4.98 Å². The molecule has 0 saturated carbocycles. The van der Waals surface area contributed by atoms with Crippen LogP contribution in [-0.4, -0.2) is 12.0 Å². The number of thiophene rings is 1. The van der Waals surface area contributed by atoms with Crippen LogP contribution in [0.15, 0.2) is 23.7 Å². The van der Waals surface area contributed by atoms with Crippen LogP contribution in [0.4, 0.5) is 10.1 Å². The number of thiazole rings is 1. The number of hydrogen-bond donors (Lipinski definition) is 0. The lowest BCUT2D eigenvalue weighted by Crippen LogP contribution is -2.06. The third-order valence-corrected chi connectivity index (χ3v) is 3.65. The average Bonchev–Trinajstić information content (AvgIpc) is 2.88. The molecule has 0 radical (unpaired) electrons. The molecule has 70 valence electrons. The van der Waals surface area contributed by atoms with E-state index in [1.165, 1.54) is 11.3 Å². The standard InChI is InChI=1S/C9H7N3S2/c1-12(8-3-2-4-13-8)9-11-6-7(5-10)14-9/h2-4,6H,1H3. The summed E-state index contributed by atoms with van der Waals surface area (Å²) in [6.45, 7) is 0. The maximum absolute atomic E-state index is 8.67. The summed E-state index contributed by atoms with van der Waals surface area (Å²) >= 11 is 3.05. The Hall–Kier alpha value is -1.38. The molecule has 0 aliphatic carbocycles. The first-order chi connectivity index (χ1) is 6.81. The lowest BCUT2D eigenvalue weighted by atomic mass is 10.6. The minimum Gasteiger partial charge on any atom is -0.312 e. The Morgan fingerprint density at radius 1 is 1.57 bits per heavy atom. The van der Waals surface area contributed by atoms with Crippen molar-refractivity contribution in [3.63, 3.8) is 0 Å². The number of aromatic nitrogens is 1. The first-order valence-electron chi connectivity index (χ1n) is 3.94. The molecule has 0 bridgehead atoms. The van der Waals surface area contributed by atoms with E-state index in [9.17, 15) is 0 Å². The summed E-state index contributed by atoms with van der Waals surface area (Å²) in [5.41, 5.74) is 0. The molecule has 0 N–H and O–H groups in total. The zero-order valence-electron chi connectivity index (χ0n) is 7.47. The largest absolute Gasteiger partial charge is 0.312 e. The van der Waals surface area contributed by atoms with Crippen LogP contribution in [0.3, 0.4) is 0 Å². The topological polar surface area (TPSA) is 39.9 Å². The molecule has 0 saturated heterocycles. The highest BCUT2D eigenvalue weighted by molar-refractivity contribution is 7.17. The smallest absolute Gasteiger partial charge is 0.191 e. The molecule has 0 aliphatic heterocycles. The van der Waals surface area contributed by atoms with Gasteiger partial charge in [0.1, 0.15) is 10.9 Å². The molecule has 0 aliphatic rings. The minimum absolute atomic E-state index is 0.642. The third kappa shape index (κ3) is 1.62. The summed E-state index contributed by atoms with van der Waals surface area (Å²) < 4.78 is 0. The first-order valence-corrected chi connectivity index (χ1v) is 5.64. The maximum Gasteiger partial charge on any atom is 0.191 e. The normalized spacial score (nSPS) is 9.71. The minimum atomic E-state index is 0.642. The molecular weight excluding hydrogens is 214 g/mol. The van der Waals surface area contributed by atoms with E-state index in [0.29, 0.717) is 4.88 Å². The number of nitriles is 1. The molecule has 2 aromatic heterocycles. The molecule has 14 heavy (non-hydrogen) atoms. The van der Waals surface area contributed by atoms with Gasteiger partial charge < -0.3 is 4.90 Å². The van der Waals surface area contributed by atoms with Crippen LogP contribution in [-0.2, 0) is 0 Å². The summed E-state index contributed by atoms with van der Waals surface area (Å²) in [7, 11) is 1.95. The van der Waals surface area contributed by atoms with E-state index < -0.39 is 0 Å². The Balaban J connectivity index is 2.28. The quantitative estimate of drug-likeness (QED) is 0.782. The highest BCUT2D eigenvalue weighted by Gasteiger charge is 2.08. The summed E-state index contributed by atoms with van der Waals surface area (Å²) in [5.74, 6) is 0. The summed E-state index contributed by atoms with van der Waals surface area (Å²) in [5, 5.41) is 12.7. The van der Waals surface area contributed by atoms with Crippen molar-refractivity contribution in [2.45, 2.75) is 0 Å². The van der Waals surface area contributed by atoms with Gasteiger partial charge in [-0.05, 0) is 17.5 Å². The van der Waals surface area contributed by atoms with Gasteiger partial charge in [0, 0.05) is 7.05 Å². The SMILES string of the molecule is CN(c1cccs1)c1ncc(C#N)s1. The molecule has 2 aromatic rings. The van der Waals surface area contributed by atoms with Gasteiger partial charge in [-0.1, -0.05) is 11.3 Å². The number of nitrogens with zero attached hydrogens (tertiary/aromatic N) is 3. The van der Waals surface area contributed by atoms with E-state index in [1.54, 1.807) is 17.5 Å². The lowest BCUT2D eigenvalue weighted by molar-refractivity contribution is 1.19. The van der Waals surface area contributed by atoms with Gasteiger partial charge in [-0.2, -0.15) is 5.26 Å². The van der Waals surface area contributed by atoms with Crippen molar-refractivity contribution in [1.29, 1.82) is 5.26 Å². The predicted molar refractivity (Wildman–Crippen MR) is 59.2 cm³/mol. The van der Waals surface area contributed by atoms with Crippen molar-refractivity contribution >= 4 is 32.8 Å². The van der Waals surface area contributed by atoms with Gasteiger partial charge in [0.15, 0.2) is 5.13 Å². The van der Waals surface area contributed by atoms with Crippen LogP contribution >= 0.6 is 22.7 Å². The maximum atomic E-state index is 8.67. The van der Waals surface area contributed by atoms with Crippen molar-refractivity contribution in [2.24, 2.45) is 0 Å². The van der Waals surface area contributed by atoms with Gasteiger partial charge in [0.05, 0.1) is 11.2 Å².